The molecule has 0 aliphatic heterocycles. The first-order valence-corrected chi connectivity index (χ1v) is 8.74. The number of aryl methyl sites for hydroxylation is 1. The van der Waals surface area contributed by atoms with Gasteiger partial charge in [-0.2, -0.15) is 18.2 Å². The molecule has 0 saturated carbocycles. The van der Waals surface area contributed by atoms with Crippen molar-refractivity contribution in [2.24, 2.45) is 4.99 Å². The predicted octanol–water partition coefficient (Wildman–Crippen LogP) is 4.66. The van der Waals surface area contributed by atoms with Gasteiger partial charge in [0, 0.05) is 22.8 Å². The van der Waals surface area contributed by atoms with E-state index in [1.54, 1.807) is 10.8 Å². The summed E-state index contributed by atoms with van der Waals surface area (Å²) >= 11 is 1.30. The molecule has 2 rings (SSSR count). The Morgan fingerprint density at radius 2 is 1.96 bits per heavy atom. The molecule has 0 fully saturated rings. The minimum absolute atomic E-state index is 0.0156. The van der Waals surface area contributed by atoms with E-state index >= 15 is 0 Å². The van der Waals surface area contributed by atoms with Crippen molar-refractivity contribution < 1.29 is 18.0 Å². The van der Waals surface area contributed by atoms with E-state index in [2.05, 4.69) is 10.3 Å². The largest absolute Gasteiger partial charge is 0.416 e. The zero-order valence-electron chi connectivity index (χ0n) is 14.2. The van der Waals surface area contributed by atoms with Gasteiger partial charge in [0.25, 0.3) is 0 Å². The van der Waals surface area contributed by atoms with E-state index in [-0.39, 0.29) is 6.04 Å². The number of nitrogens with one attached hydrogen (secondary N) is 1. The molecule has 25 heavy (non-hydrogen) atoms. The van der Waals surface area contributed by atoms with Gasteiger partial charge < -0.3 is 5.32 Å². The Balaban J connectivity index is 2.31. The van der Waals surface area contributed by atoms with Crippen LogP contribution < -0.4 is 10.1 Å². The molecule has 1 N–H and O–H groups in total. The van der Waals surface area contributed by atoms with Crippen LogP contribution in [0.5, 0.6) is 0 Å². The maximum atomic E-state index is 12.7. The standard InChI is InChI=1S/C17H20F3N3OS/c1-4-5-11(2)21-15(24)22-16-23(10-12(3)25-16)14-8-6-13(7-9-14)17(18,19)20/h6-11H,4-5H2,1-3H3,(H,21,24). The summed E-state index contributed by atoms with van der Waals surface area (Å²) in [6.45, 7) is 5.78. The highest BCUT2D eigenvalue weighted by Gasteiger charge is 2.30. The molecule has 0 spiro atoms. The summed E-state index contributed by atoms with van der Waals surface area (Å²) < 4.78 is 39.7. The van der Waals surface area contributed by atoms with Crippen LogP contribution in [0.4, 0.5) is 18.0 Å². The molecule has 2 amide bonds. The van der Waals surface area contributed by atoms with Crippen LogP contribution in [0, 0.1) is 6.92 Å². The summed E-state index contributed by atoms with van der Waals surface area (Å²) in [6.07, 6.45) is -0.833. The van der Waals surface area contributed by atoms with Gasteiger partial charge in [-0.3, -0.25) is 4.57 Å². The minimum atomic E-state index is -4.38. The van der Waals surface area contributed by atoms with E-state index in [1.165, 1.54) is 23.5 Å². The smallest absolute Gasteiger partial charge is 0.334 e. The molecule has 4 nitrogen and oxygen atoms in total. The summed E-state index contributed by atoms with van der Waals surface area (Å²) in [6, 6.07) is 4.33. The molecule has 0 saturated heterocycles. The van der Waals surface area contributed by atoms with Gasteiger partial charge in [-0.1, -0.05) is 13.3 Å². The second-order valence-electron chi connectivity index (χ2n) is 5.79. The first-order chi connectivity index (χ1) is 11.7. The molecular formula is C17H20F3N3OS. The van der Waals surface area contributed by atoms with Crippen LogP contribution in [0.2, 0.25) is 0 Å². The molecular weight excluding hydrogens is 351 g/mol. The fourth-order valence-corrected chi connectivity index (χ4v) is 3.20. The average Bonchev–Trinajstić information content (AvgIpc) is 2.87. The normalized spacial score (nSPS) is 13.8. The number of hydrogen-bond acceptors (Lipinski definition) is 2. The van der Waals surface area contributed by atoms with Gasteiger partial charge in [0.15, 0.2) is 4.80 Å². The van der Waals surface area contributed by atoms with Gasteiger partial charge in [0.2, 0.25) is 0 Å². The van der Waals surface area contributed by atoms with Gasteiger partial charge >= 0.3 is 12.2 Å². The van der Waals surface area contributed by atoms with Crippen LogP contribution in [-0.2, 0) is 6.18 Å². The highest BCUT2D eigenvalue weighted by Crippen LogP contribution is 2.29. The Morgan fingerprint density at radius 3 is 2.52 bits per heavy atom. The zero-order chi connectivity index (χ0) is 18.6. The molecule has 1 unspecified atom stereocenters. The lowest BCUT2D eigenvalue weighted by Gasteiger charge is -2.10. The maximum absolute atomic E-state index is 12.7. The third-order valence-corrected chi connectivity index (χ3v) is 4.43. The second kappa shape index (κ2) is 7.86. The third kappa shape index (κ3) is 5.19. The maximum Gasteiger partial charge on any atom is 0.416 e. The van der Waals surface area contributed by atoms with Crippen LogP contribution in [0.3, 0.4) is 0 Å². The van der Waals surface area contributed by atoms with Gasteiger partial charge in [0.05, 0.1) is 5.56 Å². The number of rotatable bonds is 4. The molecule has 2 aromatic rings. The lowest BCUT2D eigenvalue weighted by Crippen LogP contribution is -2.31. The Bertz CT molecular complexity index is 791. The van der Waals surface area contributed by atoms with Crippen molar-refractivity contribution in [3.05, 3.63) is 45.7 Å². The molecule has 1 atom stereocenters. The van der Waals surface area contributed by atoms with Gasteiger partial charge in [-0.25, -0.2) is 4.79 Å². The van der Waals surface area contributed by atoms with Crippen molar-refractivity contribution in [3.8, 4) is 5.69 Å². The van der Waals surface area contributed by atoms with Crippen LogP contribution >= 0.6 is 11.3 Å². The number of thiazole rings is 1. The summed E-state index contributed by atoms with van der Waals surface area (Å²) in [5, 5.41) is 2.79. The lowest BCUT2D eigenvalue weighted by atomic mass is 10.2. The van der Waals surface area contributed by atoms with E-state index in [0.29, 0.717) is 10.5 Å². The number of urea groups is 1. The van der Waals surface area contributed by atoms with E-state index < -0.39 is 17.8 Å². The second-order valence-corrected chi connectivity index (χ2v) is 7.00. The van der Waals surface area contributed by atoms with Crippen LogP contribution in [-0.4, -0.2) is 16.6 Å². The predicted molar refractivity (Wildman–Crippen MR) is 91.8 cm³/mol. The number of alkyl halides is 3. The fourth-order valence-electron chi connectivity index (χ4n) is 2.36. The van der Waals surface area contributed by atoms with E-state index in [4.69, 9.17) is 0 Å². The number of amides is 2. The first-order valence-electron chi connectivity index (χ1n) is 7.92. The molecule has 8 heteroatoms. The molecule has 1 aromatic carbocycles. The molecule has 1 aromatic heterocycles. The van der Waals surface area contributed by atoms with Gasteiger partial charge in [-0.15, -0.1) is 11.3 Å². The van der Waals surface area contributed by atoms with Crippen LogP contribution in [0.15, 0.2) is 35.5 Å². The number of aromatic nitrogens is 1. The SMILES string of the molecule is CCCC(C)NC(=O)N=c1sc(C)cn1-c1ccc(C(F)(F)F)cc1. The number of halogens is 3. The Morgan fingerprint density at radius 1 is 1.32 bits per heavy atom. The van der Waals surface area contributed by atoms with Crippen LogP contribution in [0.1, 0.15) is 37.1 Å². The summed E-state index contributed by atoms with van der Waals surface area (Å²) in [5.74, 6) is 0. The Labute approximate surface area is 148 Å². The topological polar surface area (TPSA) is 46.4 Å². The van der Waals surface area contributed by atoms with Crippen molar-refractivity contribution >= 4 is 17.4 Å². The highest BCUT2D eigenvalue weighted by molar-refractivity contribution is 7.09. The third-order valence-electron chi connectivity index (χ3n) is 3.53. The number of carbonyl (C=O) groups excluding carboxylic acids is 1. The zero-order valence-corrected chi connectivity index (χ0v) is 15.0. The average molecular weight is 371 g/mol. The summed E-state index contributed by atoms with van der Waals surface area (Å²) in [4.78, 5) is 17.4. The summed E-state index contributed by atoms with van der Waals surface area (Å²) in [7, 11) is 0. The summed E-state index contributed by atoms with van der Waals surface area (Å²) in [5.41, 5.74) is -0.195. The molecule has 136 valence electrons. The van der Waals surface area contributed by atoms with Crippen molar-refractivity contribution in [1.82, 2.24) is 9.88 Å². The molecule has 0 radical (unpaired) electrons. The van der Waals surface area contributed by atoms with Crippen LogP contribution in [0.25, 0.3) is 5.69 Å². The Kier molecular flexibility index (Phi) is 6.05. The molecule has 1 heterocycles. The van der Waals surface area contributed by atoms with Crippen molar-refractivity contribution in [2.45, 2.75) is 45.8 Å². The number of nitrogens with zero attached hydrogens (tertiary/aromatic N) is 2. The lowest BCUT2D eigenvalue weighted by molar-refractivity contribution is -0.137. The van der Waals surface area contributed by atoms with Gasteiger partial charge in [0.1, 0.15) is 0 Å². The Hall–Kier alpha value is -2.09. The molecule has 0 aliphatic carbocycles. The van der Waals surface area contributed by atoms with E-state index in [9.17, 15) is 18.0 Å². The number of hydrogen-bond donors (Lipinski definition) is 1. The van der Waals surface area contributed by atoms with Crippen molar-refractivity contribution in [1.29, 1.82) is 0 Å². The number of benzene rings is 1. The minimum Gasteiger partial charge on any atom is -0.334 e. The first kappa shape index (κ1) is 19.2. The van der Waals surface area contributed by atoms with Crippen molar-refractivity contribution in [2.75, 3.05) is 0 Å². The number of carbonyl (C=O) groups is 1. The quantitative estimate of drug-likeness (QED) is 0.834. The van der Waals surface area contributed by atoms with Crippen molar-refractivity contribution in [3.63, 3.8) is 0 Å². The highest BCUT2D eigenvalue weighted by atomic mass is 32.1. The van der Waals surface area contributed by atoms with Gasteiger partial charge in [-0.05, 0) is 44.5 Å². The molecule has 0 aliphatic rings. The van der Waals surface area contributed by atoms with E-state index in [0.717, 1.165) is 29.9 Å². The molecule has 0 bridgehead atoms. The van der Waals surface area contributed by atoms with E-state index in [1.807, 2.05) is 20.8 Å². The monoisotopic (exact) mass is 371 g/mol. The fraction of sp³-hybridized carbons (Fsp3) is 0.412.